The molecule has 1 aromatic carbocycles. The van der Waals surface area contributed by atoms with Gasteiger partial charge in [-0.05, 0) is 55.3 Å². The van der Waals surface area contributed by atoms with E-state index in [1.165, 1.54) is 0 Å². The molecule has 0 aliphatic carbocycles. The van der Waals surface area contributed by atoms with Gasteiger partial charge >= 0.3 is 30.3 Å². The first kappa shape index (κ1) is 38.7. The molecule has 0 aliphatic heterocycles. The molecule has 0 saturated carbocycles. The zero-order valence-electron chi connectivity index (χ0n) is 24.5. The maximum atomic E-state index is 12.9. The number of H-pyrrole nitrogens is 1. The SMILES string of the molecule is CCOC(=O)c1c(CNc2ccc(OC)cc2)[nH]c(C(=O)NCc2ccccn2)c1CC.O=C(O)C(F)(F)F.O=C(O)C(F)(F)F. The first-order valence-corrected chi connectivity index (χ1v) is 13.0. The number of pyridine rings is 1. The Labute approximate surface area is 257 Å². The minimum Gasteiger partial charge on any atom is -0.497 e. The molecule has 5 N–H and O–H groups in total. The van der Waals surface area contributed by atoms with E-state index in [1.807, 2.05) is 49.4 Å². The van der Waals surface area contributed by atoms with Crippen LogP contribution in [-0.4, -0.2) is 70.1 Å². The average molecular weight is 665 g/mol. The summed E-state index contributed by atoms with van der Waals surface area (Å²) >= 11 is 0. The Morgan fingerprint density at radius 3 is 1.89 bits per heavy atom. The van der Waals surface area contributed by atoms with Crippen LogP contribution in [0, 0.1) is 0 Å². The molecule has 2 heterocycles. The summed E-state index contributed by atoms with van der Waals surface area (Å²) in [5, 5.41) is 20.4. The highest BCUT2D eigenvalue weighted by molar-refractivity contribution is 6.00. The van der Waals surface area contributed by atoms with E-state index < -0.39 is 30.3 Å². The summed E-state index contributed by atoms with van der Waals surface area (Å²) in [5.41, 5.74) is 3.59. The van der Waals surface area contributed by atoms with Gasteiger partial charge in [0.2, 0.25) is 0 Å². The summed E-state index contributed by atoms with van der Waals surface area (Å²) in [6, 6.07) is 13.0. The summed E-state index contributed by atoms with van der Waals surface area (Å²) in [6.45, 7) is 4.52. The van der Waals surface area contributed by atoms with E-state index >= 15 is 0 Å². The number of aliphatic carboxylic acids is 2. The van der Waals surface area contributed by atoms with Gasteiger partial charge in [-0.2, -0.15) is 26.3 Å². The number of carboxylic acid groups (broad SMARTS) is 2. The lowest BCUT2D eigenvalue weighted by Gasteiger charge is -2.09. The number of nitrogens with one attached hydrogen (secondary N) is 3. The number of aromatic amines is 1. The number of aromatic nitrogens is 2. The zero-order chi connectivity index (χ0) is 35.1. The fourth-order valence-corrected chi connectivity index (χ4v) is 3.39. The molecule has 0 radical (unpaired) electrons. The minimum atomic E-state index is -5.08. The van der Waals surface area contributed by atoms with Gasteiger partial charge in [0.1, 0.15) is 11.4 Å². The largest absolute Gasteiger partial charge is 0.497 e. The number of carbonyl (C=O) groups excluding carboxylic acids is 2. The highest BCUT2D eigenvalue weighted by atomic mass is 19.4. The smallest absolute Gasteiger partial charge is 0.490 e. The topological polar surface area (TPSA) is 180 Å². The number of rotatable bonds is 10. The van der Waals surface area contributed by atoms with Crippen LogP contribution in [0.1, 0.15) is 51.6 Å². The lowest BCUT2D eigenvalue weighted by Crippen LogP contribution is -2.24. The van der Waals surface area contributed by atoms with Gasteiger partial charge in [0, 0.05) is 17.6 Å². The second-order valence-corrected chi connectivity index (χ2v) is 8.60. The van der Waals surface area contributed by atoms with E-state index in [0.29, 0.717) is 35.5 Å². The van der Waals surface area contributed by atoms with E-state index in [4.69, 9.17) is 29.3 Å². The molecule has 252 valence electrons. The number of esters is 1. The molecule has 0 bridgehead atoms. The number of benzene rings is 1. The van der Waals surface area contributed by atoms with Crippen LogP contribution in [0.3, 0.4) is 0 Å². The Kier molecular flexibility index (Phi) is 15.0. The summed E-state index contributed by atoms with van der Waals surface area (Å²) in [5.74, 6) is -5.51. The number of amides is 1. The van der Waals surface area contributed by atoms with Crippen molar-refractivity contribution in [2.24, 2.45) is 0 Å². The van der Waals surface area contributed by atoms with Gasteiger partial charge in [-0.1, -0.05) is 13.0 Å². The van der Waals surface area contributed by atoms with Gasteiger partial charge in [-0.15, -0.1) is 0 Å². The van der Waals surface area contributed by atoms with Gasteiger partial charge in [0.15, 0.2) is 0 Å². The number of carbonyl (C=O) groups is 4. The molecular weight excluding hydrogens is 634 g/mol. The van der Waals surface area contributed by atoms with Gasteiger partial charge < -0.3 is 35.3 Å². The highest BCUT2D eigenvalue weighted by Gasteiger charge is 2.38. The summed E-state index contributed by atoms with van der Waals surface area (Å²) in [4.78, 5) is 50.8. The Hall–Kier alpha value is -5.29. The van der Waals surface area contributed by atoms with Gasteiger partial charge in [0.25, 0.3) is 5.91 Å². The number of halogens is 6. The van der Waals surface area contributed by atoms with Crippen LogP contribution in [-0.2, 0) is 33.8 Å². The van der Waals surface area contributed by atoms with Crippen molar-refractivity contribution in [3.63, 3.8) is 0 Å². The summed E-state index contributed by atoms with van der Waals surface area (Å²) < 4.78 is 73.9. The van der Waals surface area contributed by atoms with Crippen molar-refractivity contribution in [1.29, 1.82) is 0 Å². The zero-order valence-corrected chi connectivity index (χ0v) is 24.5. The molecular formula is C28H30F6N4O8. The van der Waals surface area contributed by atoms with Crippen LogP contribution in [0.4, 0.5) is 32.0 Å². The Balaban J connectivity index is 0.000000629. The average Bonchev–Trinajstić information content (AvgIpc) is 3.38. The molecule has 1 amide bonds. The molecule has 0 fully saturated rings. The second kappa shape index (κ2) is 17.9. The van der Waals surface area contributed by atoms with Crippen LogP contribution in [0.5, 0.6) is 5.75 Å². The number of ether oxygens (including phenoxy) is 2. The third kappa shape index (κ3) is 12.7. The minimum absolute atomic E-state index is 0.250. The van der Waals surface area contributed by atoms with Crippen LogP contribution in [0.15, 0.2) is 48.7 Å². The summed E-state index contributed by atoms with van der Waals surface area (Å²) in [7, 11) is 1.61. The van der Waals surface area contributed by atoms with Crippen LogP contribution in [0.25, 0.3) is 0 Å². The molecule has 0 aliphatic rings. The van der Waals surface area contributed by atoms with Crippen molar-refractivity contribution >= 4 is 29.5 Å². The maximum Gasteiger partial charge on any atom is 0.490 e. The number of nitrogens with zero attached hydrogens (tertiary/aromatic N) is 1. The number of carboxylic acids is 2. The Bertz CT molecular complexity index is 1420. The van der Waals surface area contributed by atoms with Crippen LogP contribution < -0.4 is 15.4 Å². The monoisotopic (exact) mass is 664 g/mol. The van der Waals surface area contributed by atoms with Crippen LogP contribution in [0.2, 0.25) is 0 Å². The molecule has 18 heteroatoms. The second-order valence-electron chi connectivity index (χ2n) is 8.60. The molecule has 46 heavy (non-hydrogen) atoms. The molecule has 0 spiro atoms. The molecule has 0 saturated heterocycles. The molecule has 3 aromatic rings. The number of anilines is 1. The van der Waals surface area contributed by atoms with Crippen LogP contribution >= 0.6 is 0 Å². The van der Waals surface area contributed by atoms with E-state index in [0.717, 1.165) is 17.1 Å². The normalized spacial score (nSPS) is 10.7. The fraction of sp³-hybridized carbons (Fsp3) is 0.321. The Morgan fingerprint density at radius 1 is 0.891 bits per heavy atom. The predicted octanol–water partition coefficient (Wildman–Crippen LogP) is 4.97. The number of alkyl halides is 6. The third-order valence-corrected chi connectivity index (χ3v) is 5.44. The number of hydrogen-bond acceptors (Lipinski definition) is 8. The van der Waals surface area contributed by atoms with Gasteiger partial charge in [-0.3, -0.25) is 9.78 Å². The first-order chi connectivity index (χ1) is 21.5. The van der Waals surface area contributed by atoms with E-state index in [2.05, 4.69) is 20.6 Å². The van der Waals surface area contributed by atoms with E-state index in [1.54, 1.807) is 20.2 Å². The lowest BCUT2D eigenvalue weighted by molar-refractivity contribution is -0.193. The predicted molar refractivity (Wildman–Crippen MR) is 149 cm³/mol. The first-order valence-electron chi connectivity index (χ1n) is 13.0. The third-order valence-electron chi connectivity index (χ3n) is 5.44. The standard InChI is InChI=1S/C24H28N4O4.2C2HF3O2/c1-4-19-21(24(30)32-5-2)20(15-26-16-9-11-18(31-3)12-10-16)28-22(19)23(29)27-14-17-8-6-7-13-25-17;2*3-2(4,5)1(6)7/h6-13,26,28H,4-5,14-15H2,1-3H3,(H,27,29);2*(H,6,7). The van der Waals surface area contributed by atoms with E-state index in [-0.39, 0.29) is 19.1 Å². The van der Waals surface area contributed by atoms with Crippen molar-refractivity contribution in [2.75, 3.05) is 19.0 Å². The lowest BCUT2D eigenvalue weighted by atomic mass is 10.1. The van der Waals surface area contributed by atoms with Crippen molar-refractivity contribution < 1.29 is 65.2 Å². The van der Waals surface area contributed by atoms with Crippen molar-refractivity contribution in [1.82, 2.24) is 15.3 Å². The fourth-order valence-electron chi connectivity index (χ4n) is 3.39. The van der Waals surface area contributed by atoms with Crippen molar-refractivity contribution in [3.05, 3.63) is 76.9 Å². The summed E-state index contributed by atoms with van der Waals surface area (Å²) in [6.07, 6.45) is -7.99. The van der Waals surface area contributed by atoms with Crippen molar-refractivity contribution in [3.8, 4) is 5.75 Å². The van der Waals surface area contributed by atoms with E-state index in [9.17, 15) is 35.9 Å². The molecule has 2 aromatic heterocycles. The molecule has 12 nitrogen and oxygen atoms in total. The maximum absolute atomic E-state index is 12.9. The number of hydrogen-bond donors (Lipinski definition) is 5. The Morgan fingerprint density at radius 2 is 1.46 bits per heavy atom. The van der Waals surface area contributed by atoms with Gasteiger partial charge in [-0.25, -0.2) is 14.4 Å². The van der Waals surface area contributed by atoms with Crippen molar-refractivity contribution in [2.45, 2.75) is 45.7 Å². The molecule has 3 rings (SSSR count). The molecule has 0 atom stereocenters. The quantitative estimate of drug-likeness (QED) is 0.147. The van der Waals surface area contributed by atoms with Gasteiger partial charge in [0.05, 0.1) is 38.1 Å². The highest BCUT2D eigenvalue weighted by Crippen LogP contribution is 2.24. The number of methoxy groups -OCH3 is 1. The molecule has 0 unspecified atom stereocenters.